The van der Waals surface area contributed by atoms with Crippen LogP contribution in [0.5, 0.6) is 0 Å². The predicted octanol–water partition coefficient (Wildman–Crippen LogP) is 2.08. The molecule has 2 unspecified atom stereocenters. The highest BCUT2D eigenvalue weighted by molar-refractivity contribution is 7.99. The van der Waals surface area contributed by atoms with Gasteiger partial charge in [0.15, 0.2) is 0 Å². The highest BCUT2D eigenvalue weighted by Gasteiger charge is 2.48. The Morgan fingerprint density at radius 3 is 2.46 bits per heavy atom. The minimum Gasteiger partial charge on any atom is -0.309 e. The third-order valence-corrected chi connectivity index (χ3v) is 5.96. The molecule has 2 heterocycles. The summed E-state index contributed by atoms with van der Waals surface area (Å²) < 4.78 is 0. The standard InChI is InChI=1S/C18H18N2O3S/c21-16(19-9-10-24-15-8-4-3-7-14(15)19)11-20-17(22)12-5-1-2-6-13(12)18(20)23/h1-4,7-8,12-13H,5-6,9-11H2. The number of hydrogen-bond acceptors (Lipinski definition) is 4. The Kier molecular flexibility index (Phi) is 3.92. The van der Waals surface area contributed by atoms with Crippen LogP contribution in [0, 0.1) is 11.8 Å². The van der Waals surface area contributed by atoms with E-state index in [4.69, 9.17) is 0 Å². The van der Waals surface area contributed by atoms with Crippen LogP contribution >= 0.6 is 11.8 Å². The zero-order valence-electron chi connectivity index (χ0n) is 13.2. The number of nitrogens with zero attached hydrogens (tertiary/aromatic N) is 2. The molecule has 1 aromatic carbocycles. The summed E-state index contributed by atoms with van der Waals surface area (Å²) in [5, 5.41) is 0. The van der Waals surface area contributed by atoms with Crippen molar-refractivity contribution in [2.75, 3.05) is 23.7 Å². The van der Waals surface area contributed by atoms with Crippen LogP contribution < -0.4 is 4.90 Å². The molecule has 1 saturated heterocycles. The summed E-state index contributed by atoms with van der Waals surface area (Å²) >= 11 is 1.72. The molecule has 0 aromatic heterocycles. The van der Waals surface area contributed by atoms with Crippen LogP contribution in [0.25, 0.3) is 0 Å². The van der Waals surface area contributed by atoms with Gasteiger partial charge in [-0.15, -0.1) is 11.8 Å². The number of imide groups is 1. The van der Waals surface area contributed by atoms with Gasteiger partial charge in [0.25, 0.3) is 0 Å². The Hall–Kier alpha value is -2.08. The van der Waals surface area contributed by atoms with Crippen LogP contribution in [0.2, 0.25) is 0 Å². The van der Waals surface area contributed by atoms with E-state index in [0.29, 0.717) is 19.4 Å². The maximum absolute atomic E-state index is 12.8. The SMILES string of the molecule is O=C1C2CC=CCC2C(=O)N1CC(=O)N1CCSc2ccccc21. The molecule has 124 valence electrons. The summed E-state index contributed by atoms with van der Waals surface area (Å²) in [6, 6.07) is 7.75. The largest absolute Gasteiger partial charge is 0.309 e. The van der Waals surface area contributed by atoms with E-state index in [1.165, 1.54) is 4.90 Å². The molecular weight excluding hydrogens is 324 g/mol. The number of hydrogen-bond donors (Lipinski definition) is 0. The van der Waals surface area contributed by atoms with E-state index >= 15 is 0 Å². The number of carbonyl (C=O) groups excluding carboxylic acids is 3. The number of thioether (sulfide) groups is 1. The number of benzene rings is 1. The van der Waals surface area contributed by atoms with Gasteiger partial charge >= 0.3 is 0 Å². The van der Waals surface area contributed by atoms with E-state index in [0.717, 1.165) is 16.3 Å². The molecule has 0 saturated carbocycles. The van der Waals surface area contributed by atoms with Crippen molar-refractivity contribution in [3.63, 3.8) is 0 Å². The summed E-state index contributed by atoms with van der Waals surface area (Å²) in [5.74, 6) is -0.306. The van der Waals surface area contributed by atoms with Crippen molar-refractivity contribution < 1.29 is 14.4 Å². The lowest BCUT2D eigenvalue weighted by Crippen LogP contribution is -2.45. The molecule has 1 aromatic rings. The molecule has 1 fully saturated rings. The molecule has 1 aliphatic carbocycles. The van der Waals surface area contributed by atoms with Crippen LogP contribution in [0.1, 0.15) is 12.8 Å². The third kappa shape index (κ3) is 2.45. The maximum atomic E-state index is 12.8. The molecule has 0 radical (unpaired) electrons. The van der Waals surface area contributed by atoms with Gasteiger partial charge in [0.2, 0.25) is 17.7 Å². The van der Waals surface area contributed by atoms with E-state index in [-0.39, 0.29) is 36.1 Å². The molecule has 4 rings (SSSR count). The van der Waals surface area contributed by atoms with Gasteiger partial charge in [-0.05, 0) is 25.0 Å². The minimum atomic E-state index is -0.278. The van der Waals surface area contributed by atoms with Crippen LogP contribution in [0.15, 0.2) is 41.3 Å². The summed E-state index contributed by atoms with van der Waals surface area (Å²) in [6.45, 7) is 0.453. The summed E-state index contributed by atoms with van der Waals surface area (Å²) in [7, 11) is 0. The smallest absolute Gasteiger partial charge is 0.247 e. The van der Waals surface area contributed by atoms with Crippen LogP contribution in [0.3, 0.4) is 0 Å². The molecule has 2 aliphatic heterocycles. The Balaban J connectivity index is 1.53. The Morgan fingerprint density at radius 2 is 1.75 bits per heavy atom. The van der Waals surface area contributed by atoms with Gasteiger partial charge in [-0.3, -0.25) is 19.3 Å². The maximum Gasteiger partial charge on any atom is 0.247 e. The van der Waals surface area contributed by atoms with E-state index < -0.39 is 0 Å². The number of allylic oxidation sites excluding steroid dienone is 2. The number of likely N-dealkylation sites (tertiary alicyclic amines) is 1. The first-order valence-electron chi connectivity index (χ1n) is 8.19. The van der Waals surface area contributed by atoms with Gasteiger partial charge in [-0.25, -0.2) is 0 Å². The fourth-order valence-electron chi connectivity index (χ4n) is 3.67. The molecule has 0 N–H and O–H groups in total. The van der Waals surface area contributed by atoms with Crippen LogP contribution in [0.4, 0.5) is 5.69 Å². The molecule has 3 amide bonds. The number of carbonyl (C=O) groups is 3. The molecule has 6 heteroatoms. The molecule has 0 spiro atoms. The topological polar surface area (TPSA) is 57.7 Å². The Labute approximate surface area is 144 Å². The number of rotatable bonds is 2. The first-order chi connectivity index (χ1) is 11.7. The lowest BCUT2D eigenvalue weighted by atomic mass is 9.85. The first kappa shape index (κ1) is 15.4. The summed E-state index contributed by atoms with van der Waals surface area (Å²) in [5.41, 5.74) is 0.872. The quantitative estimate of drug-likeness (QED) is 0.610. The molecule has 24 heavy (non-hydrogen) atoms. The second-order valence-electron chi connectivity index (χ2n) is 6.28. The van der Waals surface area contributed by atoms with E-state index in [2.05, 4.69) is 0 Å². The van der Waals surface area contributed by atoms with Crippen molar-refractivity contribution in [3.05, 3.63) is 36.4 Å². The Bertz CT molecular complexity index is 720. The number of para-hydroxylation sites is 1. The van der Waals surface area contributed by atoms with Crippen LogP contribution in [-0.2, 0) is 14.4 Å². The molecule has 3 aliphatic rings. The second kappa shape index (κ2) is 6.09. The van der Waals surface area contributed by atoms with Crippen molar-refractivity contribution in [2.24, 2.45) is 11.8 Å². The van der Waals surface area contributed by atoms with E-state index in [1.807, 2.05) is 36.4 Å². The normalized spacial score (nSPS) is 25.7. The van der Waals surface area contributed by atoms with Gasteiger partial charge in [0.1, 0.15) is 6.54 Å². The average molecular weight is 342 g/mol. The van der Waals surface area contributed by atoms with Gasteiger partial charge in [0, 0.05) is 17.2 Å². The van der Waals surface area contributed by atoms with Crippen molar-refractivity contribution in [2.45, 2.75) is 17.7 Å². The van der Waals surface area contributed by atoms with E-state index in [1.54, 1.807) is 16.7 Å². The number of fused-ring (bicyclic) bond motifs is 2. The van der Waals surface area contributed by atoms with Crippen molar-refractivity contribution in [3.8, 4) is 0 Å². The molecule has 0 bridgehead atoms. The second-order valence-corrected chi connectivity index (χ2v) is 7.42. The highest BCUT2D eigenvalue weighted by atomic mass is 32.2. The van der Waals surface area contributed by atoms with Gasteiger partial charge in [-0.2, -0.15) is 0 Å². The first-order valence-corrected chi connectivity index (χ1v) is 9.18. The summed E-state index contributed by atoms with van der Waals surface area (Å²) in [6.07, 6.45) is 5.11. The Morgan fingerprint density at radius 1 is 1.08 bits per heavy atom. The zero-order valence-corrected chi connectivity index (χ0v) is 14.0. The van der Waals surface area contributed by atoms with Crippen molar-refractivity contribution in [1.29, 1.82) is 0 Å². The monoisotopic (exact) mass is 342 g/mol. The van der Waals surface area contributed by atoms with Crippen molar-refractivity contribution in [1.82, 2.24) is 4.90 Å². The summed E-state index contributed by atoms with van der Waals surface area (Å²) in [4.78, 5) is 41.7. The van der Waals surface area contributed by atoms with E-state index in [9.17, 15) is 14.4 Å². The fraction of sp³-hybridized carbons (Fsp3) is 0.389. The third-order valence-electron chi connectivity index (χ3n) is 4.92. The number of anilines is 1. The van der Waals surface area contributed by atoms with Gasteiger partial charge < -0.3 is 4.90 Å². The van der Waals surface area contributed by atoms with Gasteiger partial charge in [0.05, 0.1) is 17.5 Å². The lowest BCUT2D eigenvalue weighted by Gasteiger charge is -2.30. The minimum absolute atomic E-state index is 0.149. The number of amides is 3. The lowest BCUT2D eigenvalue weighted by molar-refractivity contribution is -0.143. The molecular formula is C18H18N2O3S. The zero-order chi connectivity index (χ0) is 16.7. The molecule has 2 atom stereocenters. The highest BCUT2D eigenvalue weighted by Crippen LogP contribution is 2.36. The fourth-order valence-corrected chi connectivity index (χ4v) is 4.67. The van der Waals surface area contributed by atoms with Crippen molar-refractivity contribution >= 4 is 35.2 Å². The molecule has 5 nitrogen and oxygen atoms in total. The average Bonchev–Trinajstić information content (AvgIpc) is 2.86. The van der Waals surface area contributed by atoms with Crippen LogP contribution in [-0.4, -0.2) is 41.5 Å². The van der Waals surface area contributed by atoms with Gasteiger partial charge in [-0.1, -0.05) is 24.3 Å². The predicted molar refractivity (Wildman–Crippen MR) is 91.6 cm³/mol.